The van der Waals surface area contributed by atoms with Gasteiger partial charge in [-0.1, -0.05) is 46.3 Å². The number of halogens is 1. The molecule has 0 aliphatic carbocycles. The van der Waals surface area contributed by atoms with E-state index in [0.717, 1.165) is 5.56 Å². The van der Waals surface area contributed by atoms with E-state index in [1.54, 1.807) is 25.3 Å². The number of H-pyrrole nitrogens is 1. The van der Waals surface area contributed by atoms with Gasteiger partial charge in [0.05, 0.1) is 26.3 Å². The van der Waals surface area contributed by atoms with Crippen LogP contribution in [0.4, 0.5) is 0 Å². The molecule has 0 bridgehead atoms. The number of ether oxygens (including phenoxy) is 3. The first-order valence-electron chi connectivity index (χ1n) is 9.56. The zero-order valence-corrected chi connectivity index (χ0v) is 18.6. The maximum absolute atomic E-state index is 12.8. The SMILES string of the molecule is COc1cc(OC)c2c(=O)[nH]c(-c3ccc(OCCBr)c(-c4ccccc4)n3)nc2c1. The Morgan fingerprint density at radius 2 is 1.77 bits per heavy atom. The average molecular weight is 482 g/mol. The Bertz CT molecular complexity index is 1280. The third-order valence-electron chi connectivity index (χ3n) is 4.68. The molecule has 158 valence electrons. The fourth-order valence-corrected chi connectivity index (χ4v) is 3.42. The number of pyridine rings is 1. The molecule has 8 heteroatoms. The van der Waals surface area contributed by atoms with Gasteiger partial charge in [0.1, 0.15) is 34.0 Å². The molecule has 31 heavy (non-hydrogen) atoms. The average Bonchev–Trinajstić information content (AvgIpc) is 2.82. The summed E-state index contributed by atoms with van der Waals surface area (Å²) in [6.45, 7) is 0.505. The van der Waals surface area contributed by atoms with Gasteiger partial charge in [0.15, 0.2) is 5.82 Å². The number of fused-ring (bicyclic) bond motifs is 1. The summed E-state index contributed by atoms with van der Waals surface area (Å²) in [6.07, 6.45) is 0. The van der Waals surface area contributed by atoms with E-state index in [1.807, 2.05) is 36.4 Å². The molecule has 0 aliphatic rings. The number of benzene rings is 2. The molecule has 0 amide bonds. The highest BCUT2D eigenvalue weighted by molar-refractivity contribution is 9.09. The van der Waals surface area contributed by atoms with Crippen LogP contribution in [0, 0.1) is 0 Å². The van der Waals surface area contributed by atoms with Crippen LogP contribution in [0.15, 0.2) is 59.4 Å². The molecular weight excluding hydrogens is 462 g/mol. The van der Waals surface area contributed by atoms with E-state index in [2.05, 4.69) is 25.9 Å². The molecule has 0 aliphatic heterocycles. The Balaban J connectivity index is 1.88. The fraction of sp³-hybridized carbons (Fsp3) is 0.174. The number of rotatable bonds is 7. The predicted octanol–water partition coefficient (Wildman–Crippen LogP) is 4.44. The monoisotopic (exact) mass is 481 g/mol. The first-order chi connectivity index (χ1) is 15.1. The van der Waals surface area contributed by atoms with Crippen molar-refractivity contribution in [2.75, 3.05) is 26.2 Å². The number of nitrogens with zero attached hydrogens (tertiary/aromatic N) is 2. The van der Waals surface area contributed by atoms with Crippen molar-refractivity contribution >= 4 is 26.8 Å². The molecule has 0 atom stereocenters. The van der Waals surface area contributed by atoms with Gasteiger partial charge < -0.3 is 19.2 Å². The van der Waals surface area contributed by atoms with Gasteiger partial charge in [-0.05, 0) is 12.1 Å². The van der Waals surface area contributed by atoms with Crippen molar-refractivity contribution in [2.24, 2.45) is 0 Å². The minimum Gasteiger partial charge on any atom is -0.497 e. The van der Waals surface area contributed by atoms with E-state index in [0.29, 0.717) is 57.3 Å². The standard InChI is InChI=1S/C23H20BrN3O4/c1-29-15-12-17-20(19(13-15)30-2)23(28)27-22(26-17)16-8-9-18(31-11-10-24)21(25-16)14-6-4-3-5-7-14/h3-9,12-13H,10-11H2,1-2H3,(H,26,27,28). The number of hydrogen-bond donors (Lipinski definition) is 1. The second kappa shape index (κ2) is 9.18. The summed E-state index contributed by atoms with van der Waals surface area (Å²) in [5.41, 5.74) is 2.23. The van der Waals surface area contributed by atoms with Gasteiger partial charge in [0, 0.05) is 23.0 Å². The topological polar surface area (TPSA) is 86.3 Å². The van der Waals surface area contributed by atoms with Crippen molar-refractivity contribution in [2.45, 2.75) is 0 Å². The molecule has 4 aromatic rings. The summed E-state index contributed by atoms with van der Waals surface area (Å²) in [5, 5.41) is 1.05. The normalized spacial score (nSPS) is 10.8. The number of methoxy groups -OCH3 is 2. The van der Waals surface area contributed by atoms with Crippen LogP contribution in [0.5, 0.6) is 17.2 Å². The lowest BCUT2D eigenvalue weighted by atomic mass is 10.1. The van der Waals surface area contributed by atoms with Crippen molar-refractivity contribution in [3.63, 3.8) is 0 Å². The van der Waals surface area contributed by atoms with Crippen molar-refractivity contribution in [3.8, 4) is 40.0 Å². The van der Waals surface area contributed by atoms with Crippen molar-refractivity contribution in [1.82, 2.24) is 15.0 Å². The Labute approximate surface area is 187 Å². The van der Waals surface area contributed by atoms with Crippen LogP contribution in [0.1, 0.15) is 0 Å². The van der Waals surface area contributed by atoms with Crippen LogP contribution in [0.25, 0.3) is 33.7 Å². The van der Waals surface area contributed by atoms with Crippen molar-refractivity contribution in [1.29, 1.82) is 0 Å². The Hall–Kier alpha value is -3.39. The van der Waals surface area contributed by atoms with Gasteiger partial charge in [-0.2, -0.15) is 0 Å². The second-order valence-electron chi connectivity index (χ2n) is 6.59. The number of alkyl halides is 1. The Morgan fingerprint density at radius 3 is 2.48 bits per heavy atom. The lowest BCUT2D eigenvalue weighted by Crippen LogP contribution is -2.12. The molecule has 4 rings (SSSR count). The van der Waals surface area contributed by atoms with Crippen LogP contribution >= 0.6 is 15.9 Å². The number of hydrogen-bond acceptors (Lipinski definition) is 6. The zero-order chi connectivity index (χ0) is 21.8. The van der Waals surface area contributed by atoms with Gasteiger partial charge in [-0.3, -0.25) is 4.79 Å². The van der Waals surface area contributed by atoms with Crippen molar-refractivity contribution in [3.05, 3.63) is 65.0 Å². The maximum atomic E-state index is 12.8. The summed E-state index contributed by atoms with van der Waals surface area (Å²) in [4.78, 5) is 25.1. The first kappa shape index (κ1) is 20.9. The Morgan fingerprint density at radius 1 is 0.968 bits per heavy atom. The minimum absolute atomic E-state index is 0.317. The number of aromatic amines is 1. The first-order valence-corrected chi connectivity index (χ1v) is 10.7. The fourth-order valence-electron chi connectivity index (χ4n) is 3.26. The third-order valence-corrected chi connectivity index (χ3v) is 5.01. The van der Waals surface area contributed by atoms with Gasteiger partial charge in [-0.25, -0.2) is 9.97 Å². The van der Waals surface area contributed by atoms with E-state index in [-0.39, 0.29) is 5.56 Å². The van der Waals surface area contributed by atoms with Crippen molar-refractivity contribution < 1.29 is 14.2 Å². The van der Waals surface area contributed by atoms with E-state index >= 15 is 0 Å². The lowest BCUT2D eigenvalue weighted by molar-refractivity contribution is 0.345. The second-order valence-corrected chi connectivity index (χ2v) is 7.38. The molecule has 2 heterocycles. The van der Waals surface area contributed by atoms with Gasteiger partial charge >= 0.3 is 0 Å². The summed E-state index contributed by atoms with van der Waals surface area (Å²) in [5.74, 6) is 1.94. The van der Waals surface area contributed by atoms with Crippen LogP contribution in [-0.4, -0.2) is 41.1 Å². The molecule has 7 nitrogen and oxygen atoms in total. The number of aromatic nitrogens is 3. The van der Waals surface area contributed by atoms with Gasteiger partial charge in [-0.15, -0.1) is 0 Å². The highest BCUT2D eigenvalue weighted by Crippen LogP contribution is 2.32. The zero-order valence-electron chi connectivity index (χ0n) is 17.0. The van der Waals surface area contributed by atoms with E-state index in [1.165, 1.54) is 7.11 Å². The molecule has 0 fully saturated rings. The lowest BCUT2D eigenvalue weighted by Gasteiger charge is -2.12. The van der Waals surface area contributed by atoms with Crippen LogP contribution in [0.3, 0.4) is 0 Å². The largest absolute Gasteiger partial charge is 0.497 e. The quantitative estimate of drug-likeness (QED) is 0.392. The van der Waals surface area contributed by atoms with Crippen LogP contribution in [-0.2, 0) is 0 Å². The summed E-state index contributed by atoms with van der Waals surface area (Å²) < 4.78 is 16.5. The highest BCUT2D eigenvalue weighted by atomic mass is 79.9. The third kappa shape index (κ3) is 4.25. The van der Waals surface area contributed by atoms with Gasteiger partial charge in [0.2, 0.25) is 0 Å². The molecule has 0 radical (unpaired) electrons. The number of nitrogens with one attached hydrogen (secondary N) is 1. The molecular formula is C23H20BrN3O4. The molecule has 0 saturated heterocycles. The molecule has 0 spiro atoms. The summed E-state index contributed by atoms with van der Waals surface area (Å²) in [7, 11) is 3.05. The Kier molecular flexibility index (Phi) is 6.18. The molecule has 1 N–H and O–H groups in total. The summed E-state index contributed by atoms with van der Waals surface area (Å²) in [6, 6.07) is 16.7. The van der Waals surface area contributed by atoms with Gasteiger partial charge in [0.25, 0.3) is 5.56 Å². The smallest absolute Gasteiger partial charge is 0.262 e. The van der Waals surface area contributed by atoms with Crippen LogP contribution < -0.4 is 19.8 Å². The molecule has 2 aromatic carbocycles. The molecule has 0 saturated carbocycles. The molecule has 0 unspecified atom stereocenters. The molecule has 2 aromatic heterocycles. The highest BCUT2D eigenvalue weighted by Gasteiger charge is 2.16. The maximum Gasteiger partial charge on any atom is 0.262 e. The summed E-state index contributed by atoms with van der Waals surface area (Å²) >= 11 is 3.38. The predicted molar refractivity (Wildman–Crippen MR) is 123 cm³/mol. The van der Waals surface area contributed by atoms with E-state index in [9.17, 15) is 4.79 Å². The van der Waals surface area contributed by atoms with E-state index < -0.39 is 0 Å². The van der Waals surface area contributed by atoms with E-state index in [4.69, 9.17) is 19.2 Å². The minimum atomic E-state index is -0.317. The van der Waals surface area contributed by atoms with Crippen LogP contribution in [0.2, 0.25) is 0 Å².